The van der Waals surface area contributed by atoms with Crippen LogP contribution in [0.5, 0.6) is 0 Å². The van der Waals surface area contributed by atoms with Crippen molar-refractivity contribution in [3.8, 4) is 0 Å². The summed E-state index contributed by atoms with van der Waals surface area (Å²) in [6, 6.07) is 9.34. The summed E-state index contributed by atoms with van der Waals surface area (Å²) < 4.78 is 5.33. The monoisotopic (exact) mass is 304 g/mol. The normalized spacial score (nSPS) is 18.2. The first-order valence-electron chi connectivity index (χ1n) is 7.10. The van der Waals surface area contributed by atoms with Gasteiger partial charge in [0.15, 0.2) is 5.76 Å². The van der Waals surface area contributed by atoms with Crippen LogP contribution >= 0.6 is 11.6 Å². The molecule has 1 aromatic heterocycles. The van der Waals surface area contributed by atoms with Gasteiger partial charge in [-0.15, -0.1) is 0 Å². The molecular formula is C16H17ClN2O2. The van der Waals surface area contributed by atoms with E-state index >= 15 is 0 Å². The third-order valence-corrected chi connectivity index (χ3v) is 4.07. The van der Waals surface area contributed by atoms with Gasteiger partial charge in [0, 0.05) is 17.6 Å². The molecule has 0 bridgehead atoms. The van der Waals surface area contributed by atoms with E-state index in [4.69, 9.17) is 16.1 Å². The van der Waals surface area contributed by atoms with E-state index in [9.17, 15) is 4.79 Å². The average Bonchev–Trinajstić information content (AvgIpc) is 3.09. The topological polar surface area (TPSA) is 46.3 Å². The van der Waals surface area contributed by atoms with Crippen LogP contribution in [-0.4, -0.2) is 22.5 Å². The zero-order chi connectivity index (χ0) is 14.8. The molecule has 5 heteroatoms. The van der Waals surface area contributed by atoms with E-state index in [0.717, 1.165) is 36.4 Å². The minimum atomic E-state index is 0.0194. The molecule has 0 unspecified atom stereocenters. The van der Waals surface area contributed by atoms with Crippen LogP contribution in [0.25, 0.3) is 0 Å². The first kappa shape index (κ1) is 14.1. The zero-order valence-corrected chi connectivity index (χ0v) is 12.6. The van der Waals surface area contributed by atoms with Crippen molar-refractivity contribution in [2.24, 2.45) is 0 Å². The van der Waals surface area contributed by atoms with E-state index in [0.29, 0.717) is 11.4 Å². The molecule has 1 amide bonds. The maximum Gasteiger partial charge on any atom is 0.227 e. The minimum Gasteiger partial charge on any atom is -0.359 e. The molecule has 1 aliphatic heterocycles. The molecule has 1 saturated heterocycles. The van der Waals surface area contributed by atoms with Crippen molar-refractivity contribution in [2.45, 2.75) is 32.2 Å². The first-order chi connectivity index (χ1) is 10.1. The summed E-state index contributed by atoms with van der Waals surface area (Å²) in [6.07, 6.45) is 2.32. The molecule has 4 nitrogen and oxygen atoms in total. The lowest BCUT2D eigenvalue weighted by Crippen LogP contribution is -2.31. The molecular weight excluding hydrogens is 288 g/mol. The van der Waals surface area contributed by atoms with Crippen LogP contribution in [0.2, 0.25) is 5.02 Å². The number of aryl methyl sites for hydroxylation is 1. The Labute approximate surface area is 128 Å². The molecule has 0 aliphatic carbocycles. The third kappa shape index (κ3) is 3.10. The van der Waals surface area contributed by atoms with Gasteiger partial charge in [-0.3, -0.25) is 4.79 Å². The Morgan fingerprint density at radius 3 is 2.86 bits per heavy atom. The number of benzene rings is 1. The van der Waals surface area contributed by atoms with Gasteiger partial charge in [0.2, 0.25) is 5.91 Å². The van der Waals surface area contributed by atoms with Crippen molar-refractivity contribution in [3.63, 3.8) is 0 Å². The Balaban J connectivity index is 1.72. The number of amides is 1. The van der Waals surface area contributed by atoms with Gasteiger partial charge in [-0.25, -0.2) is 0 Å². The molecule has 0 saturated carbocycles. The molecule has 0 radical (unpaired) electrons. The molecule has 1 fully saturated rings. The highest BCUT2D eigenvalue weighted by Crippen LogP contribution is 2.32. The number of carbonyl (C=O) groups excluding carboxylic acids is 1. The fourth-order valence-corrected chi connectivity index (χ4v) is 2.91. The third-order valence-electron chi connectivity index (χ3n) is 3.82. The van der Waals surface area contributed by atoms with Crippen molar-refractivity contribution in [1.29, 1.82) is 0 Å². The van der Waals surface area contributed by atoms with Crippen molar-refractivity contribution in [1.82, 2.24) is 10.1 Å². The number of carbonyl (C=O) groups is 1. The van der Waals surface area contributed by atoms with Gasteiger partial charge in [0.25, 0.3) is 0 Å². The molecule has 21 heavy (non-hydrogen) atoms. The molecule has 0 N–H and O–H groups in total. The molecule has 1 atom stereocenters. The van der Waals surface area contributed by atoms with E-state index in [-0.39, 0.29) is 11.9 Å². The number of likely N-dealkylation sites (tertiary alicyclic amines) is 1. The molecule has 0 spiro atoms. The van der Waals surface area contributed by atoms with E-state index in [1.54, 1.807) is 0 Å². The van der Waals surface area contributed by atoms with Crippen molar-refractivity contribution >= 4 is 17.5 Å². The SMILES string of the molecule is Cc1cc([C@@H]2CCCN2C(=O)Cc2ccc(Cl)cc2)on1. The number of rotatable bonds is 3. The number of hydrogen-bond acceptors (Lipinski definition) is 3. The molecule has 110 valence electrons. The number of hydrogen-bond donors (Lipinski definition) is 0. The quantitative estimate of drug-likeness (QED) is 0.871. The van der Waals surface area contributed by atoms with Crippen LogP contribution in [0, 0.1) is 6.92 Å². The van der Waals surface area contributed by atoms with E-state index in [2.05, 4.69) is 5.16 Å². The molecule has 1 aliphatic rings. The summed E-state index contributed by atoms with van der Waals surface area (Å²) in [6.45, 7) is 2.67. The van der Waals surface area contributed by atoms with Crippen LogP contribution in [0.4, 0.5) is 0 Å². The Kier molecular flexibility index (Phi) is 3.97. The lowest BCUT2D eigenvalue weighted by molar-refractivity contribution is -0.131. The van der Waals surface area contributed by atoms with Gasteiger partial charge in [-0.2, -0.15) is 0 Å². The van der Waals surface area contributed by atoms with Crippen molar-refractivity contribution in [3.05, 3.63) is 52.4 Å². The second-order valence-electron chi connectivity index (χ2n) is 5.42. The van der Waals surface area contributed by atoms with Crippen LogP contribution in [0.15, 0.2) is 34.9 Å². The molecule has 1 aromatic carbocycles. The lowest BCUT2D eigenvalue weighted by Gasteiger charge is -2.22. The molecule has 2 aromatic rings. The predicted octanol–water partition coefficient (Wildman–Crippen LogP) is 3.54. The van der Waals surface area contributed by atoms with Crippen LogP contribution in [0.3, 0.4) is 0 Å². The van der Waals surface area contributed by atoms with Gasteiger partial charge < -0.3 is 9.42 Å². The fourth-order valence-electron chi connectivity index (χ4n) is 2.78. The second kappa shape index (κ2) is 5.90. The van der Waals surface area contributed by atoms with E-state index < -0.39 is 0 Å². The van der Waals surface area contributed by atoms with Gasteiger partial charge in [-0.05, 0) is 37.5 Å². The summed E-state index contributed by atoms with van der Waals surface area (Å²) in [5.74, 6) is 0.906. The highest BCUT2D eigenvalue weighted by atomic mass is 35.5. The maximum atomic E-state index is 12.5. The van der Waals surface area contributed by atoms with E-state index in [1.165, 1.54) is 0 Å². The highest BCUT2D eigenvalue weighted by Gasteiger charge is 2.32. The van der Waals surface area contributed by atoms with Gasteiger partial charge in [0.1, 0.15) is 0 Å². The first-order valence-corrected chi connectivity index (χ1v) is 7.48. The second-order valence-corrected chi connectivity index (χ2v) is 5.86. The summed E-state index contributed by atoms with van der Waals surface area (Å²) in [5, 5.41) is 4.60. The summed E-state index contributed by atoms with van der Waals surface area (Å²) >= 11 is 5.87. The van der Waals surface area contributed by atoms with Crippen molar-refractivity contribution < 1.29 is 9.32 Å². The predicted molar refractivity (Wildman–Crippen MR) is 80.1 cm³/mol. The summed E-state index contributed by atoms with van der Waals surface area (Å²) in [7, 11) is 0. The minimum absolute atomic E-state index is 0.0194. The Hall–Kier alpha value is -1.81. The van der Waals surface area contributed by atoms with Crippen molar-refractivity contribution in [2.75, 3.05) is 6.54 Å². The maximum absolute atomic E-state index is 12.5. The highest BCUT2D eigenvalue weighted by molar-refractivity contribution is 6.30. The largest absolute Gasteiger partial charge is 0.359 e. The van der Waals surface area contributed by atoms with Crippen LogP contribution in [-0.2, 0) is 11.2 Å². The number of halogens is 1. The lowest BCUT2D eigenvalue weighted by atomic mass is 10.1. The van der Waals surface area contributed by atoms with Gasteiger partial charge in [-0.1, -0.05) is 28.9 Å². The summed E-state index contributed by atoms with van der Waals surface area (Å²) in [5.41, 5.74) is 1.82. The van der Waals surface area contributed by atoms with Crippen LogP contribution < -0.4 is 0 Å². The zero-order valence-electron chi connectivity index (χ0n) is 11.9. The molecule has 3 rings (SSSR count). The fraction of sp³-hybridized carbons (Fsp3) is 0.375. The van der Waals surface area contributed by atoms with Gasteiger partial charge in [0.05, 0.1) is 18.2 Å². The van der Waals surface area contributed by atoms with Gasteiger partial charge >= 0.3 is 0 Å². The average molecular weight is 305 g/mol. The Morgan fingerprint density at radius 2 is 2.19 bits per heavy atom. The Morgan fingerprint density at radius 1 is 1.43 bits per heavy atom. The number of nitrogens with zero attached hydrogens (tertiary/aromatic N) is 2. The Bertz CT molecular complexity index is 636. The number of aromatic nitrogens is 1. The standard InChI is InChI=1S/C16H17ClN2O2/c1-11-9-15(21-18-11)14-3-2-8-19(14)16(20)10-12-4-6-13(17)7-5-12/h4-7,9,14H,2-3,8,10H2,1H3/t14-/m0/s1. The molecule has 2 heterocycles. The van der Waals surface area contributed by atoms with E-state index in [1.807, 2.05) is 42.2 Å². The summed E-state index contributed by atoms with van der Waals surface area (Å²) in [4.78, 5) is 14.4. The smallest absolute Gasteiger partial charge is 0.227 e. The van der Waals surface area contributed by atoms with Crippen LogP contribution in [0.1, 0.15) is 35.9 Å².